The fourth-order valence-corrected chi connectivity index (χ4v) is 4.67. The van der Waals surface area contributed by atoms with Crippen LogP contribution in [-0.4, -0.2) is 22.5 Å². The number of halogens is 4. The molecule has 0 saturated heterocycles. The van der Waals surface area contributed by atoms with Crippen LogP contribution in [0.2, 0.25) is 5.02 Å². The first kappa shape index (κ1) is 24.5. The second-order valence-electron chi connectivity index (χ2n) is 7.56. The fraction of sp³-hybridized carbons (Fsp3) is 0.125. The van der Waals surface area contributed by atoms with E-state index in [9.17, 15) is 22.8 Å². The van der Waals surface area contributed by atoms with Crippen molar-refractivity contribution < 1.29 is 18.0 Å². The summed E-state index contributed by atoms with van der Waals surface area (Å²) in [6.07, 6.45) is -4.61. The highest BCUT2D eigenvalue weighted by Gasteiger charge is 2.31. The number of nitrogens with zero attached hydrogens (tertiary/aromatic N) is 2. The summed E-state index contributed by atoms with van der Waals surface area (Å²) < 4.78 is 41.2. The lowest BCUT2D eigenvalue weighted by atomic mass is 10.0. The van der Waals surface area contributed by atoms with Crippen molar-refractivity contribution in [1.29, 1.82) is 0 Å². The molecule has 4 aromatic rings. The molecular formula is C24H18ClF3N4O2S. The van der Waals surface area contributed by atoms with Gasteiger partial charge in [-0.15, -0.1) is 0 Å². The topological polar surface area (TPSA) is 90.0 Å². The van der Waals surface area contributed by atoms with Crippen LogP contribution in [0.3, 0.4) is 0 Å². The molecule has 35 heavy (non-hydrogen) atoms. The molecule has 2 aromatic heterocycles. The summed E-state index contributed by atoms with van der Waals surface area (Å²) in [5.41, 5.74) is 5.84. The number of nitrogens with one attached hydrogen (secondary N) is 1. The minimum absolute atomic E-state index is 0.0365. The van der Waals surface area contributed by atoms with Crippen molar-refractivity contribution in [3.63, 3.8) is 0 Å². The number of pyridine rings is 1. The van der Waals surface area contributed by atoms with Gasteiger partial charge in [-0.1, -0.05) is 41.1 Å². The zero-order valence-corrected chi connectivity index (χ0v) is 20.0. The van der Waals surface area contributed by atoms with Gasteiger partial charge in [-0.3, -0.25) is 14.2 Å². The van der Waals surface area contributed by atoms with E-state index in [0.717, 1.165) is 22.3 Å². The first-order valence-corrected chi connectivity index (χ1v) is 11.4. The van der Waals surface area contributed by atoms with E-state index in [2.05, 4.69) is 10.3 Å². The van der Waals surface area contributed by atoms with Crippen LogP contribution in [0.15, 0.2) is 59.4 Å². The number of amides is 1. The van der Waals surface area contributed by atoms with Crippen LogP contribution in [0.25, 0.3) is 27.4 Å². The smallest absolute Gasteiger partial charge is 0.375 e. The molecule has 0 atom stereocenters. The van der Waals surface area contributed by atoms with E-state index >= 15 is 0 Å². The lowest BCUT2D eigenvalue weighted by Gasteiger charge is -2.17. The molecule has 0 aliphatic heterocycles. The van der Waals surface area contributed by atoms with Gasteiger partial charge in [0, 0.05) is 29.0 Å². The normalized spacial score (nSPS) is 11.5. The van der Waals surface area contributed by atoms with Gasteiger partial charge >= 0.3 is 6.18 Å². The Kier molecular flexibility index (Phi) is 6.44. The molecule has 0 unspecified atom stereocenters. The standard InChI is InChI=1S/C24H18ClF3N4O2S/c1-12-17(19-20(35-23(29)31-19)13-6-8-15(25)9-7-13)11-18(21(33)30-2)22(34)32(12)16-5-3-4-14(10-16)24(26,27)28/h3-11H,1-2H3,(H2,29,31)(H,30,33). The summed E-state index contributed by atoms with van der Waals surface area (Å²) in [6.45, 7) is 1.58. The molecular weight excluding hydrogens is 501 g/mol. The number of thiazole rings is 1. The molecule has 6 nitrogen and oxygen atoms in total. The lowest BCUT2D eigenvalue weighted by molar-refractivity contribution is -0.137. The third-order valence-electron chi connectivity index (χ3n) is 5.36. The number of hydrogen-bond acceptors (Lipinski definition) is 5. The number of benzene rings is 2. The van der Waals surface area contributed by atoms with Gasteiger partial charge in [0.1, 0.15) is 5.56 Å². The molecule has 0 saturated carbocycles. The molecule has 0 spiro atoms. The van der Waals surface area contributed by atoms with Crippen LogP contribution >= 0.6 is 22.9 Å². The van der Waals surface area contributed by atoms with E-state index in [1.807, 2.05) is 0 Å². The van der Waals surface area contributed by atoms with Gasteiger partial charge < -0.3 is 11.1 Å². The average Bonchev–Trinajstić information content (AvgIpc) is 3.20. The highest BCUT2D eigenvalue weighted by molar-refractivity contribution is 7.19. The molecule has 3 N–H and O–H groups in total. The molecule has 4 rings (SSSR count). The molecule has 11 heteroatoms. The van der Waals surface area contributed by atoms with E-state index in [-0.39, 0.29) is 16.4 Å². The number of carbonyl (C=O) groups excluding carboxylic acids is 1. The number of nitrogen functional groups attached to an aromatic ring is 1. The third kappa shape index (κ3) is 4.67. The maximum Gasteiger partial charge on any atom is 0.416 e. The average molecular weight is 519 g/mol. The molecule has 0 aliphatic carbocycles. The molecule has 0 radical (unpaired) electrons. The number of aromatic nitrogens is 2. The van der Waals surface area contributed by atoms with Crippen molar-refractivity contribution in [3.05, 3.63) is 86.8 Å². The molecule has 180 valence electrons. The van der Waals surface area contributed by atoms with Crippen molar-refractivity contribution >= 4 is 34.0 Å². The van der Waals surface area contributed by atoms with Gasteiger partial charge in [0.2, 0.25) is 0 Å². The van der Waals surface area contributed by atoms with E-state index in [4.69, 9.17) is 17.3 Å². The summed E-state index contributed by atoms with van der Waals surface area (Å²) in [6, 6.07) is 12.7. The Morgan fingerprint density at radius 1 is 1.14 bits per heavy atom. The minimum Gasteiger partial charge on any atom is -0.375 e. The van der Waals surface area contributed by atoms with Crippen molar-refractivity contribution in [2.75, 3.05) is 12.8 Å². The van der Waals surface area contributed by atoms with Crippen LogP contribution in [-0.2, 0) is 6.18 Å². The van der Waals surface area contributed by atoms with Crippen molar-refractivity contribution in [2.24, 2.45) is 0 Å². The monoisotopic (exact) mass is 518 g/mol. The number of rotatable bonds is 4. The molecule has 1 amide bonds. The van der Waals surface area contributed by atoms with E-state index in [0.29, 0.717) is 26.9 Å². The highest BCUT2D eigenvalue weighted by Crippen LogP contribution is 2.40. The number of nitrogens with two attached hydrogens (primary N) is 1. The molecule has 0 bridgehead atoms. The summed E-state index contributed by atoms with van der Waals surface area (Å²) in [5, 5.41) is 3.17. The maximum atomic E-state index is 13.4. The van der Waals surface area contributed by atoms with Gasteiger partial charge in [-0.25, -0.2) is 4.98 Å². The molecule has 2 heterocycles. The zero-order chi connectivity index (χ0) is 25.5. The highest BCUT2D eigenvalue weighted by atomic mass is 35.5. The fourth-order valence-electron chi connectivity index (χ4n) is 3.69. The third-order valence-corrected chi connectivity index (χ3v) is 6.54. The second kappa shape index (κ2) is 9.20. The van der Waals surface area contributed by atoms with E-state index in [1.54, 1.807) is 31.2 Å². The van der Waals surface area contributed by atoms with E-state index in [1.165, 1.54) is 36.6 Å². The second-order valence-corrected chi connectivity index (χ2v) is 9.03. The van der Waals surface area contributed by atoms with Crippen LogP contribution in [0.5, 0.6) is 0 Å². The summed E-state index contributed by atoms with van der Waals surface area (Å²) in [7, 11) is 1.36. The van der Waals surface area contributed by atoms with Gasteiger partial charge in [0.05, 0.1) is 16.1 Å². The Bertz CT molecular complexity index is 1490. The first-order valence-electron chi connectivity index (χ1n) is 10.2. The molecule has 0 fully saturated rings. The Balaban J connectivity index is 2.04. The summed E-state index contributed by atoms with van der Waals surface area (Å²) in [4.78, 5) is 30.9. The predicted molar refractivity (Wildman–Crippen MR) is 131 cm³/mol. The Morgan fingerprint density at radius 3 is 2.46 bits per heavy atom. The van der Waals surface area contributed by atoms with Crippen LogP contribution in [0.4, 0.5) is 18.3 Å². The number of carbonyl (C=O) groups is 1. The van der Waals surface area contributed by atoms with Gasteiger partial charge in [-0.2, -0.15) is 13.2 Å². The summed E-state index contributed by atoms with van der Waals surface area (Å²) >= 11 is 7.20. The van der Waals surface area contributed by atoms with Crippen LogP contribution in [0.1, 0.15) is 21.6 Å². The number of anilines is 1. The molecule has 0 aliphatic rings. The first-order chi connectivity index (χ1) is 16.5. The SMILES string of the molecule is CNC(=O)c1cc(-c2nc(N)sc2-c2ccc(Cl)cc2)c(C)n(-c2cccc(C(F)(F)F)c2)c1=O. The largest absolute Gasteiger partial charge is 0.416 e. The number of alkyl halides is 3. The molecule has 2 aromatic carbocycles. The zero-order valence-electron chi connectivity index (χ0n) is 18.4. The quantitative estimate of drug-likeness (QED) is 0.370. The maximum absolute atomic E-state index is 13.4. The lowest BCUT2D eigenvalue weighted by Crippen LogP contribution is -2.32. The minimum atomic E-state index is -4.61. The van der Waals surface area contributed by atoms with E-state index < -0.39 is 23.2 Å². The van der Waals surface area contributed by atoms with Crippen LogP contribution < -0.4 is 16.6 Å². The van der Waals surface area contributed by atoms with Gasteiger partial charge in [0.25, 0.3) is 11.5 Å². The van der Waals surface area contributed by atoms with Crippen LogP contribution in [0, 0.1) is 6.92 Å². The Morgan fingerprint density at radius 2 is 1.83 bits per heavy atom. The van der Waals surface area contributed by atoms with Gasteiger partial charge in [0.15, 0.2) is 5.13 Å². The van der Waals surface area contributed by atoms with Crippen molar-refractivity contribution in [3.8, 4) is 27.4 Å². The predicted octanol–water partition coefficient (Wildman–Crippen LogP) is 5.55. The number of hydrogen-bond donors (Lipinski definition) is 2. The summed E-state index contributed by atoms with van der Waals surface area (Å²) in [5.74, 6) is -0.687. The van der Waals surface area contributed by atoms with Crippen molar-refractivity contribution in [2.45, 2.75) is 13.1 Å². The Hall–Kier alpha value is -3.63. The Labute approximate surface area is 206 Å². The van der Waals surface area contributed by atoms with Crippen molar-refractivity contribution in [1.82, 2.24) is 14.9 Å². The van der Waals surface area contributed by atoms with Gasteiger partial charge in [-0.05, 0) is 48.9 Å².